The molecule has 0 bridgehead atoms. The molecule has 0 aromatic rings. The summed E-state index contributed by atoms with van der Waals surface area (Å²) in [7, 11) is -1.88. The predicted octanol–water partition coefficient (Wildman–Crippen LogP) is 0.234. The third kappa shape index (κ3) is 1.75. The zero-order chi connectivity index (χ0) is 8.98. The minimum Gasteiger partial charge on any atom is -0.239 e. The Balaban J connectivity index is 0.000000845. The fraction of sp³-hybridized carbons (Fsp3) is 0.857. The molecule has 2 heterocycles. The molecule has 2 rings (SSSR count). The van der Waals surface area contributed by atoms with E-state index in [0.29, 0.717) is 0 Å². The molecule has 71 valence electrons. The first-order chi connectivity index (χ1) is 5.52. The smallest absolute Gasteiger partial charge is 0.239 e. The molecular formula is C7H15BO3PY+. The molecule has 0 amide bonds. The number of rotatable bonds is 1. The van der Waals surface area contributed by atoms with Gasteiger partial charge in [-0.1, -0.05) is 6.92 Å². The van der Waals surface area contributed by atoms with Crippen molar-refractivity contribution < 1.29 is 46.9 Å². The van der Waals surface area contributed by atoms with E-state index < -0.39 is 7.72 Å². The van der Waals surface area contributed by atoms with Crippen LogP contribution in [0.2, 0.25) is 0 Å². The molecule has 3 nitrogen and oxygen atoms in total. The minimum absolute atomic E-state index is 0. The standard InChI is InChI=1S/C7H15BO3P.Y/c1-3-5-7(4-6(8)10-5)11-12(7,2)9;/h5,9H,3-4H2,1-2,8H3;/q+1;/t5?,7-,12?;/m1./s1. The van der Waals surface area contributed by atoms with Crippen LogP contribution in [0.5, 0.6) is 0 Å². The van der Waals surface area contributed by atoms with Crippen molar-refractivity contribution in [1.82, 2.24) is 0 Å². The third-order valence-corrected chi connectivity index (χ3v) is 4.89. The van der Waals surface area contributed by atoms with E-state index in [0.717, 1.165) is 12.8 Å². The monoisotopic (exact) mass is 278 g/mol. The molecule has 1 radical (unpaired) electrons. The van der Waals surface area contributed by atoms with E-state index in [1.54, 1.807) is 0 Å². The molecule has 2 aliphatic rings. The SMILES string of the molecule is [BH3-][C+]1C[C@]2(O[P+]2(C)O)C(CC)O1.[Y]. The van der Waals surface area contributed by atoms with Gasteiger partial charge in [-0.2, -0.15) is 0 Å². The second-order valence-corrected chi connectivity index (χ2v) is 5.85. The van der Waals surface area contributed by atoms with Gasteiger partial charge in [0.2, 0.25) is 0 Å². The van der Waals surface area contributed by atoms with E-state index >= 15 is 0 Å². The first-order valence-corrected chi connectivity index (χ1v) is 5.92. The molecule has 2 fully saturated rings. The summed E-state index contributed by atoms with van der Waals surface area (Å²) in [5.74, 6) is 0. The van der Waals surface area contributed by atoms with E-state index in [9.17, 15) is 4.89 Å². The van der Waals surface area contributed by atoms with Gasteiger partial charge in [-0.25, -0.2) is 9.63 Å². The fourth-order valence-corrected chi connectivity index (χ4v) is 3.89. The third-order valence-electron chi connectivity index (χ3n) is 2.43. The van der Waals surface area contributed by atoms with Gasteiger partial charge in [-0.05, 0) is 6.42 Å². The number of hydrogen-bond acceptors (Lipinski definition) is 3. The normalized spacial score (nSPS) is 48.0. The largest absolute Gasteiger partial charge is 0.338 e. The maximum absolute atomic E-state index is 9.82. The Morgan fingerprint density at radius 2 is 2.31 bits per heavy atom. The van der Waals surface area contributed by atoms with Crippen molar-refractivity contribution in [3.05, 3.63) is 6.00 Å². The molecule has 0 aliphatic carbocycles. The van der Waals surface area contributed by atoms with Crippen molar-refractivity contribution in [2.45, 2.75) is 31.2 Å². The van der Waals surface area contributed by atoms with Crippen LogP contribution in [0.4, 0.5) is 0 Å². The summed E-state index contributed by atoms with van der Waals surface area (Å²) in [6, 6.07) is 1.25. The second kappa shape index (κ2) is 3.73. The molecule has 2 saturated heterocycles. The van der Waals surface area contributed by atoms with Gasteiger partial charge in [0.25, 0.3) is 0 Å². The van der Waals surface area contributed by atoms with Gasteiger partial charge in [0.05, 0.1) is 0 Å². The Bertz CT molecular complexity index is 216. The molecule has 1 N–H and O–H groups in total. The van der Waals surface area contributed by atoms with Gasteiger partial charge in [-0.3, -0.25) is 0 Å². The van der Waals surface area contributed by atoms with Crippen molar-refractivity contribution in [1.29, 1.82) is 0 Å². The van der Waals surface area contributed by atoms with Gasteiger partial charge >= 0.3 is 13.1 Å². The average molecular weight is 278 g/mol. The van der Waals surface area contributed by atoms with Crippen molar-refractivity contribution in [3.63, 3.8) is 0 Å². The zero-order valence-electron chi connectivity index (χ0n) is 7.28. The number of hydrogen-bond donors (Lipinski definition) is 1. The summed E-state index contributed by atoms with van der Waals surface area (Å²) >= 11 is 0. The predicted molar refractivity (Wildman–Crippen MR) is 51.8 cm³/mol. The van der Waals surface area contributed by atoms with Crippen LogP contribution in [0, 0.1) is 6.00 Å². The molecule has 0 saturated carbocycles. The van der Waals surface area contributed by atoms with E-state index in [2.05, 4.69) is 6.92 Å². The van der Waals surface area contributed by atoms with Crippen LogP contribution >= 0.6 is 7.72 Å². The van der Waals surface area contributed by atoms with Crippen molar-refractivity contribution in [2.24, 2.45) is 0 Å². The summed E-state index contributed by atoms with van der Waals surface area (Å²) in [5, 5.41) is -0.251. The zero-order valence-corrected chi connectivity index (χ0v) is 11.0. The van der Waals surface area contributed by atoms with Crippen molar-refractivity contribution in [2.75, 3.05) is 6.66 Å². The van der Waals surface area contributed by atoms with Gasteiger partial charge in [0.1, 0.15) is 13.1 Å². The molecule has 1 spiro atoms. The van der Waals surface area contributed by atoms with Gasteiger partial charge in [-0.15, -0.1) is 4.52 Å². The Kier molecular flexibility index (Phi) is 3.57. The van der Waals surface area contributed by atoms with Gasteiger partial charge in [0, 0.05) is 38.7 Å². The summed E-state index contributed by atoms with van der Waals surface area (Å²) in [6.07, 6.45) is 1.99. The van der Waals surface area contributed by atoms with Crippen molar-refractivity contribution in [3.8, 4) is 0 Å². The molecule has 0 aromatic heterocycles. The van der Waals surface area contributed by atoms with E-state index in [1.807, 2.05) is 6.66 Å². The Hall–Kier alpha value is 1.35. The molecule has 2 unspecified atom stereocenters. The van der Waals surface area contributed by atoms with E-state index in [1.165, 1.54) is 6.00 Å². The fourth-order valence-electron chi connectivity index (χ4n) is 1.65. The first-order valence-electron chi connectivity index (χ1n) is 3.81. The molecule has 0 aromatic carbocycles. The summed E-state index contributed by atoms with van der Waals surface area (Å²) < 4.78 is 11.2. The molecule has 13 heavy (non-hydrogen) atoms. The van der Waals surface area contributed by atoms with E-state index in [-0.39, 0.29) is 52.0 Å². The van der Waals surface area contributed by atoms with Crippen LogP contribution in [0.1, 0.15) is 19.8 Å². The topological polar surface area (TPSA) is 42.0 Å². The Morgan fingerprint density at radius 3 is 2.62 bits per heavy atom. The van der Waals surface area contributed by atoms with Crippen LogP contribution in [-0.2, 0) is 42.0 Å². The van der Waals surface area contributed by atoms with Crippen LogP contribution in [0.3, 0.4) is 0 Å². The van der Waals surface area contributed by atoms with Gasteiger partial charge in [0.15, 0.2) is 14.0 Å². The summed E-state index contributed by atoms with van der Waals surface area (Å²) in [6.45, 7) is 3.93. The first kappa shape index (κ1) is 12.4. The Morgan fingerprint density at radius 1 is 1.77 bits per heavy atom. The minimum atomic E-state index is -2.03. The van der Waals surface area contributed by atoms with Gasteiger partial charge < -0.3 is 0 Å². The quantitative estimate of drug-likeness (QED) is 0.323. The van der Waals surface area contributed by atoms with Crippen LogP contribution in [-0.4, -0.2) is 30.9 Å². The Labute approximate surface area is 106 Å². The summed E-state index contributed by atoms with van der Waals surface area (Å²) in [4.78, 5) is 9.82. The second-order valence-electron chi connectivity index (χ2n) is 3.15. The molecule has 3 atom stereocenters. The maximum Gasteiger partial charge on any atom is 0.338 e. The average Bonchev–Trinajstić information content (AvgIpc) is 2.37. The summed E-state index contributed by atoms with van der Waals surface area (Å²) in [5.41, 5.74) is 0. The van der Waals surface area contributed by atoms with Crippen LogP contribution in [0.15, 0.2) is 0 Å². The number of ether oxygens (including phenoxy) is 1. The molecular weight excluding hydrogens is 263 g/mol. The van der Waals surface area contributed by atoms with Crippen LogP contribution in [0.25, 0.3) is 0 Å². The van der Waals surface area contributed by atoms with Crippen molar-refractivity contribution >= 4 is 15.6 Å². The van der Waals surface area contributed by atoms with E-state index in [4.69, 9.17) is 9.26 Å². The molecule has 6 heteroatoms. The van der Waals surface area contributed by atoms with Crippen LogP contribution < -0.4 is 0 Å². The maximum atomic E-state index is 9.82. The molecule has 2 aliphatic heterocycles.